The Morgan fingerprint density at radius 3 is 2.53 bits per heavy atom. The molecule has 0 aliphatic heterocycles. The molecule has 0 amide bonds. The van der Waals surface area contributed by atoms with Crippen LogP contribution in [-0.4, -0.2) is 15.9 Å². The van der Waals surface area contributed by atoms with Crippen LogP contribution in [0.5, 0.6) is 5.75 Å². The van der Waals surface area contributed by atoms with E-state index in [0.29, 0.717) is 11.2 Å². The molecular weight excluding hydrogens is 190 g/mol. The number of benzene rings is 1. The third kappa shape index (κ3) is 2.18. The molecule has 15 heavy (non-hydrogen) atoms. The number of phenolic OH excluding ortho intramolecular Hbond substituents is 1. The van der Waals surface area contributed by atoms with Crippen LogP contribution in [0.4, 0.5) is 0 Å². The van der Waals surface area contributed by atoms with Gasteiger partial charge in [-0.2, -0.15) is 0 Å². The molecule has 3 heteroatoms. The van der Waals surface area contributed by atoms with Crippen molar-refractivity contribution in [3.8, 4) is 5.75 Å². The quantitative estimate of drug-likeness (QED) is 0.703. The predicted octanol–water partition coefficient (Wildman–Crippen LogP) is 3.10. The Kier molecular flexibility index (Phi) is 3.50. The number of carbonyl (C=O) groups is 1. The summed E-state index contributed by atoms with van der Waals surface area (Å²) in [4.78, 5) is 13.9. The van der Waals surface area contributed by atoms with Crippen molar-refractivity contribution in [2.75, 3.05) is 0 Å². The monoisotopic (exact) mass is 205 g/mol. The lowest BCUT2D eigenvalue weighted by Crippen LogP contribution is -1.89. The van der Waals surface area contributed by atoms with Crippen LogP contribution in [0.25, 0.3) is 10.9 Å². The van der Waals surface area contributed by atoms with Crippen molar-refractivity contribution in [1.82, 2.24) is 4.98 Å². The van der Waals surface area contributed by atoms with Gasteiger partial charge in [0.05, 0.1) is 11.2 Å². The van der Waals surface area contributed by atoms with Crippen LogP contribution in [0, 0.1) is 0 Å². The van der Waals surface area contributed by atoms with E-state index in [1.165, 1.54) is 6.92 Å². The molecule has 0 atom stereocenters. The van der Waals surface area contributed by atoms with Crippen molar-refractivity contribution in [2.45, 2.75) is 20.8 Å². The normalized spacial score (nSPS) is 9.53. The van der Waals surface area contributed by atoms with Crippen LogP contribution in [0.1, 0.15) is 31.3 Å². The van der Waals surface area contributed by atoms with Gasteiger partial charge in [-0.05, 0) is 12.1 Å². The Labute approximate surface area is 88.7 Å². The number of carbonyl (C=O) groups excluding carboxylic acids is 1. The molecule has 0 aliphatic rings. The molecule has 1 aromatic heterocycles. The molecule has 2 N–H and O–H groups in total. The van der Waals surface area contributed by atoms with E-state index in [1.54, 1.807) is 18.2 Å². The number of nitrogens with one attached hydrogen (secondary N) is 1. The highest BCUT2D eigenvalue weighted by molar-refractivity contribution is 5.99. The molecule has 1 aromatic carbocycles. The first kappa shape index (κ1) is 11.3. The topological polar surface area (TPSA) is 53.1 Å². The minimum atomic E-state index is -0.0319. The smallest absolute Gasteiger partial charge is 0.175 e. The number of phenols is 1. The maximum Gasteiger partial charge on any atom is 0.175 e. The maximum absolute atomic E-state index is 11.0. The van der Waals surface area contributed by atoms with Crippen molar-refractivity contribution in [3.05, 3.63) is 30.0 Å². The average molecular weight is 205 g/mol. The van der Waals surface area contributed by atoms with E-state index in [1.807, 2.05) is 19.9 Å². The number of H-pyrrole nitrogens is 1. The standard InChI is InChI=1S/C10H9NO2.C2H6/c1-6(12)8-5-7-3-2-4-9(13)10(7)11-8;1-2/h2-5,11,13H,1H3;1-2H3. The van der Waals surface area contributed by atoms with E-state index in [4.69, 9.17) is 0 Å². The van der Waals surface area contributed by atoms with Gasteiger partial charge in [-0.15, -0.1) is 0 Å². The number of para-hydroxylation sites is 1. The number of fused-ring (bicyclic) bond motifs is 1. The largest absolute Gasteiger partial charge is 0.506 e. The van der Waals surface area contributed by atoms with E-state index in [2.05, 4.69) is 4.98 Å². The zero-order valence-corrected chi connectivity index (χ0v) is 9.16. The number of aromatic nitrogens is 1. The molecule has 0 unspecified atom stereocenters. The van der Waals surface area contributed by atoms with Gasteiger partial charge < -0.3 is 10.1 Å². The number of Topliss-reactive ketones (excluding diaryl/α,β-unsaturated/α-hetero) is 1. The molecule has 2 aromatic rings. The SMILES string of the molecule is CC.CC(=O)c1cc2cccc(O)c2[nH]1. The highest BCUT2D eigenvalue weighted by Crippen LogP contribution is 2.24. The van der Waals surface area contributed by atoms with Gasteiger partial charge in [-0.25, -0.2) is 0 Å². The number of aromatic amines is 1. The molecule has 3 nitrogen and oxygen atoms in total. The van der Waals surface area contributed by atoms with Gasteiger partial charge in [0.1, 0.15) is 5.75 Å². The van der Waals surface area contributed by atoms with Crippen LogP contribution in [0.15, 0.2) is 24.3 Å². The summed E-state index contributed by atoms with van der Waals surface area (Å²) in [5, 5.41) is 10.3. The van der Waals surface area contributed by atoms with Gasteiger partial charge in [0.2, 0.25) is 0 Å². The zero-order chi connectivity index (χ0) is 11.4. The van der Waals surface area contributed by atoms with Crippen LogP contribution in [0.3, 0.4) is 0 Å². The Bertz CT molecular complexity index is 471. The Hall–Kier alpha value is -1.77. The second kappa shape index (κ2) is 4.64. The lowest BCUT2D eigenvalue weighted by molar-refractivity contribution is 0.101. The van der Waals surface area contributed by atoms with Crippen LogP contribution < -0.4 is 0 Å². The van der Waals surface area contributed by atoms with Crippen LogP contribution in [0.2, 0.25) is 0 Å². The lowest BCUT2D eigenvalue weighted by atomic mass is 10.2. The van der Waals surface area contributed by atoms with E-state index in [-0.39, 0.29) is 11.5 Å². The molecule has 0 fully saturated rings. The lowest BCUT2D eigenvalue weighted by Gasteiger charge is -1.91. The van der Waals surface area contributed by atoms with E-state index < -0.39 is 0 Å². The second-order valence-corrected chi connectivity index (χ2v) is 2.98. The summed E-state index contributed by atoms with van der Waals surface area (Å²) in [5.41, 5.74) is 1.14. The molecule has 80 valence electrons. The summed E-state index contributed by atoms with van der Waals surface area (Å²) >= 11 is 0. The van der Waals surface area contributed by atoms with E-state index in [0.717, 1.165) is 5.39 Å². The van der Waals surface area contributed by atoms with Crippen LogP contribution in [-0.2, 0) is 0 Å². The summed E-state index contributed by atoms with van der Waals surface area (Å²) in [5.74, 6) is 0.139. The van der Waals surface area contributed by atoms with Crippen molar-refractivity contribution in [3.63, 3.8) is 0 Å². The Morgan fingerprint density at radius 2 is 2.00 bits per heavy atom. The number of hydrogen-bond donors (Lipinski definition) is 2. The summed E-state index contributed by atoms with van der Waals surface area (Å²) in [6.45, 7) is 5.49. The number of rotatable bonds is 1. The first-order valence-corrected chi connectivity index (χ1v) is 5.00. The molecule has 0 radical (unpaired) electrons. The maximum atomic E-state index is 11.0. The zero-order valence-electron chi connectivity index (χ0n) is 9.16. The third-order valence-corrected chi connectivity index (χ3v) is 2.01. The minimum Gasteiger partial charge on any atom is -0.506 e. The van der Waals surface area contributed by atoms with Gasteiger partial charge in [0.15, 0.2) is 5.78 Å². The van der Waals surface area contributed by atoms with Crippen molar-refractivity contribution < 1.29 is 9.90 Å². The number of aromatic hydroxyl groups is 1. The molecule has 0 saturated carbocycles. The van der Waals surface area contributed by atoms with Gasteiger partial charge in [-0.1, -0.05) is 26.0 Å². The summed E-state index contributed by atoms with van der Waals surface area (Å²) in [6.07, 6.45) is 0. The second-order valence-electron chi connectivity index (χ2n) is 2.98. The predicted molar refractivity (Wildman–Crippen MR) is 61.3 cm³/mol. The first-order valence-electron chi connectivity index (χ1n) is 5.00. The third-order valence-electron chi connectivity index (χ3n) is 2.01. The summed E-state index contributed by atoms with van der Waals surface area (Å²) < 4.78 is 0. The molecule has 0 bridgehead atoms. The Balaban J connectivity index is 0.000000531. The Morgan fingerprint density at radius 1 is 1.33 bits per heavy atom. The van der Waals surface area contributed by atoms with Crippen molar-refractivity contribution >= 4 is 16.7 Å². The average Bonchev–Trinajstić information content (AvgIpc) is 2.66. The van der Waals surface area contributed by atoms with Crippen LogP contribution >= 0.6 is 0 Å². The van der Waals surface area contributed by atoms with E-state index >= 15 is 0 Å². The minimum absolute atomic E-state index is 0.0319. The van der Waals surface area contributed by atoms with Gasteiger partial charge in [-0.3, -0.25) is 4.79 Å². The highest BCUT2D eigenvalue weighted by Gasteiger charge is 2.06. The molecular formula is C12H15NO2. The fraction of sp³-hybridized carbons (Fsp3) is 0.250. The van der Waals surface area contributed by atoms with Gasteiger partial charge in [0, 0.05) is 12.3 Å². The molecule has 0 aliphatic carbocycles. The highest BCUT2D eigenvalue weighted by atomic mass is 16.3. The van der Waals surface area contributed by atoms with Crippen molar-refractivity contribution in [2.24, 2.45) is 0 Å². The number of hydrogen-bond acceptors (Lipinski definition) is 2. The first-order chi connectivity index (χ1) is 7.18. The molecule has 2 rings (SSSR count). The summed E-state index contributed by atoms with van der Waals surface area (Å²) in [7, 11) is 0. The van der Waals surface area contributed by atoms with Gasteiger partial charge >= 0.3 is 0 Å². The fourth-order valence-corrected chi connectivity index (χ4v) is 1.33. The number of ketones is 1. The van der Waals surface area contributed by atoms with Gasteiger partial charge in [0.25, 0.3) is 0 Å². The molecule has 1 heterocycles. The fourth-order valence-electron chi connectivity index (χ4n) is 1.33. The molecule has 0 spiro atoms. The summed E-state index contributed by atoms with van der Waals surface area (Å²) in [6, 6.07) is 6.91. The van der Waals surface area contributed by atoms with Crippen molar-refractivity contribution in [1.29, 1.82) is 0 Å². The van der Waals surface area contributed by atoms with E-state index in [9.17, 15) is 9.90 Å². The molecule has 0 saturated heterocycles.